The highest BCUT2D eigenvalue weighted by Crippen LogP contribution is 2.31. The molecular weight excluding hydrogens is 385 g/mol. The molecule has 1 aliphatic carbocycles. The van der Waals surface area contributed by atoms with Gasteiger partial charge < -0.3 is 20.7 Å². The van der Waals surface area contributed by atoms with Gasteiger partial charge in [-0.3, -0.25) is 4.90 Å². The Bertz CT molecular complexity index is 876. The summed E-state index contributed by atoms with van der Waals surface area (Å²) in [6.07, 6.45) is 4.69. The lowest BCUT2D eigenvalue weighted by Crippen LogP contribution is -2.39. The van der Waals surface area contributed by atoms with Crippen LogP contribution in [0.4, 0.5) is 27.9 Å². The van der Waals surface area contributed by atoms with E-state index in [1.54, 1.807) is 6.07 Å². The first kappa shape index (κ1) is 20.6. The summed E-state index contributed by atoms with van der Waals surface area (Å²) in [5.41, 5.74) is 6.66. The highest BCUT2D eigenvalue weighted by atomic mass is 19.1. The van der Waals surface area contributed by atoms with Gasteiger partial charge in [0.2, 0.25) is 17.8 Å². The molecule has 1 aromatic heterocycles. The molecule has 0 radical (unpaired) electrons. The van der Waals surface area contributed by atoms with Gasteiger partial charge in [-0.2, -0.15) is 15.0 Å². The van der Waals surface area contributed by atoms with Gasteiger partial charge in [-0.1, -0.05) is 6.92 Å². The predicted molar refractivity (Wildman–Crippen MR) is 116 cm³/mol. The lowest BCUT2D eigenvalue weighted by molar-refractivity contribution is 0.271. The number of nitrogen functional groups attached to an aromatic ring is 1. The molecule has 1 aromatic carbocycles. The number of nitrogens with two attached hydrogens (primary N) is 1. The van der Waals surface area contributed by atoms with E-state index in [1.807, 2.05) is 11.0 Å². The number of nitrogens with zero attached hydrogens (tertiary/aromatic N) is 5. The molecule has 8 nitrogen and oxygen atoms in total. The minimum Gasteiger partial charge on any atom is -0.494 e. The number of anilines is 4. The van der Waals surface area contributed by atoms with Crippen LogP contribution >= 0.6 is 0 Å². The summed E-state index contributed by atoms with van der Waals surface area (Å²) >= 11 is 0. The Kier molecular flexibility index (Phi) is 6.17. The zero-order valence-electron chi connectivity index (χ0n) is 17.6. The number of rotatable bonds is 9. The maximum Gasteiger partial charge on any atom is 0.236 e. The lowest BCUT2D eigenvalue weighted by atomic mass is 10.2. The molecule has 2 aliphatic rings. The second kappa shape index (κ2) is 8.99. The van der Waals surface area contributed by atoms with Crippen molar-refractivity contribution < 1.29 is 9.13 Å². The topological polar surface area (TPSA) is 92.4 Å². The number of ether oxygens (including phenoxy) is 1. The Labute approximate surface area is 176 Å². The number of methoxy groups -OCH3 is 1. The molecule has 1 aliphatic heterocycles. The zero-order chi connectivity index (χ0) is 21.1. The van der Waals surface area contributed by atoms with Crippen molar-refractivity contribution in [3.05, 3.63) is 24.0 Å². The van der Waals surface area contributed by atoms with Gasteiger partial charge in [0.15, 0.2) is 11.6 Å². The second-order valence-electron chi connectivity index (χ2n) is 8.00. The van der Waals surface area contributed by atoms with Crippen molar-refractivity contribution in [3.8, 4) is 5.75 Å². The zero-order valence-corrected chi connectivity index (χ0v) is 17.6. The molecule has 2 fully saturated rings. The molecule has 1 saturated heterocycles. The smallest absolute Gasteiger partial charge is 0.236 e. The highest BCUT2D eigenvalue weighted by Gasteiger charge is 2.28. The number of likely N-dealkylation sites (N-methyl/N-ethyl adjacent to an activating group) is 1. The monoisotopic (exact) mass is 415 g/mol. The lowest BCUT2D eigenvalue weighted by Gasteiger charge is -2.30. The van der Waals surface area contributed by atoms with E-state index in [2.05, 4.69) is 32.1 Å². The van der Waals surface area contributed by atoms with E-state index in [0.717, 1.165) is 32.5 Å². The molecule has 4 rings (SSSR count). The number of halogens is 1. The van der Waals surface area contributed by atoms with E-state index in [1.165, 1.54) is 26.0 Å². The van der Waals surface area contributed by atoms with Crippen molar-refractivity contribution in [2.24, 2.45) is 5.92 Å². The van der Waals surface area contributed by atoms with Crippen LogP contribution in [-0.2, 0) is 0 Å². The van der Waals surface area contributed by atoms with Crippen LogP contribution in [-0.4, -0.2) is 59.2 Å². The van der Waals surface area contributed by atoms with Crippen LogP contribution in [0.3, 0.4) is 0 Å². The third-order valence-corrected chi connectivity index (χ3v) is 5.87. The summed E-state index contributed by atoms with van der Waals surface area (Å²) in [5.74, 6) is 1.49. The van der Waals surface area contributed by atoms with E-state index in [9.17, 15) is 4.39 Å². The van der Waals surface area contributed by atoms with Gasteiger partial charge in [0, 0.05) is 30.9 Å². The van der Waals surface area contributed by atoms with Crippen molar-refractivity contribution in [2.45, 2.75) is 38.6 Å². The van der Waals surface area contributed by atoms with Gasteiger partial charge in [-0.15, -0.1) is 0 Å². The van der Waals surface area contributed by atoms with Gasteiger partial charge in [0.1, 0.15) is 0 Å². The van der Waals surface area contributed by atoms with Gasteiger partial charge in [-0.05, 0) is 56.8 Å². The van der Waals surface area contributed by atoms with E-state index >= 15 is 0 Å². The average Bonchev–Trinajstić information content (AvgIpc) is 3.46. The Hall–Kier alpha value is -2.68. The Balaban J connectivity index is 1.66. The van der Waals surface area contributed by atoms with Gasteiger partial charge in [-0.25, -0.2) is 4.39 Å². The van der Waals surface area contributed by atoms with Crippen molar-refractivity contribution in [1.82, 2.24) is 19.9 Å². The van der Waals surface area contributed by atoms with E-state index in [0.29, 0.717) is 36.1 Å². The molecule has 1 atom stereocenters. The minimum absolute atomic E-state index is 0.149. The SMILES string of the molecule is CCN1CCCC1CN(c1ccc(OC)c(F)c1)c1nc(N)nc(NCC2CC2)n1. The van der Waals surface area contributed by atoms with Crippen molar-refractivity contribution >= 4 is 23.5 Å². The second-order valence-corrected chi connectivity index (χ2v) is 8.00. The van der Waals surface area contributed by atoms with E-state index < -0.39 is 5.82 Å². The van der Waals surface area contributed by atoms with Crippen LogP contribution < -0.4 is 20.7 Å². The largest absolute Gasteiger partial charge is 0.494 e. The third kappa shape index (κ3) is 4.72. The molecule has 1 unspecified atom stereocenters. The van der Waals surface area contributed by atoms with Gasteiger partial charge in [0.25, 0.3) is 0 Å². The summed E-state index contributed by atoms with van der Waals surface area (Å²) in [5, 5.41) is 3.26. The summed E-state index contributed by atoms with van der Waals surface area (Å²) in [4.78, 5) is 17.6. The van der Waals surface area contributed by atoms with Gasteiger partial charge >= 0.3 is 0 Å². The van der Waals surface area contributed by atoms with Gasteiger partial charge in [0.05, 0.1) is 7.11 Å². The molecule has 3 N–H and O–H groups in total. The van der Waals surface area contributed by atoms with Crippen molar-refractivity contribution in [1.29, 1.82) is 0 Å². The third-order valence-electron chi connectivity index (χ3n) is 5.87. The number of likely N-dealkylation sites (tertiary alicyclic amines) is 1. The maximum absolute atomic E-state index is 14.5. The van der Waals surface area contributed by atoms with E-state index in [4.69, 9.17) is 10.5 Å². The average molecular weight is 416 g/mol. The first-order valence-corrected chi connectivity index (χ1v) is 10.7. The highest BCUT2D eigenvalue weighted by molar-refractivity contribution is 5.60. The van der Waals surface area contributed by atoms with Crippen LogP contribution in [0.15, 0.2) is 18.2 Å². The molecule has 0 amide bonds. The van der Waals surface area contributed by atoms with Crippen LogP contribution in [0, 0.1) is 11.7 Å². The summed E-state index contributed by atoms with van der Waals surface area (Å²) < 4.78 is 19.6. The maximum atomic E-state index is 14.5. The Morgan fingerprint density at radius 3 is 2.80 bits per heavy atom. The van der Waals surface area contributed by atoms with Crippen LogP contribution in [0.2, 0.25) is 0 Å². The minimum atomic E-state index is -0.423. The first-order chi connectivity index (χ1) is 14.6. The number of aromatic nitrogens is 3. The number of nitrogens with one attached hydrogen (secondary N) is 1. The fourth-order valence-corrected chi connectivity index (χ4v) is 3.99. The molecule has 9 heteroatoms. The molecule has 1 saturated carbocycles. The van der Waals surface area contributed by atoms with Crippen molar-refractivity contribution in [2.75, 3.05) is 49.2 Å². The summed E-state index contributed by atoms with van der Waals surface area (Å²) in [6.45, 7) is 5.68. The molecule has 2 heterocycles. The Morgan fingerprint density at radius 1 is 1.27 bits per heavy atom. The fraction of sp³-hybridized carbons (Fsp3) is 0.571. The first-order valence-electron chi connectivity index (χ1n) is 10.7. The number of hydrogen-bond donors (Lipinski definition) is 2. The van der Waals surface area contributed by atoms with Crippen molar-refractivity contribution in [3.63, 3.8) is 0 Å². The number of hydrogen-bond acceptors (Lipinski definition) is 8. The molecule has 162 valence electrons. The quantitative estimate of drug-likeness (QED) is 0.646. The molecule has 30 heavy (non-hydrogen) atoms. The Morgan fingerprint density at radius 2 is 2.10 bits per heavy atom. The normalized spacial score (nSPS) is 19.1. The van der Waals surface area contributed by atoms with Crippen LogP contribution in [0.1, 0.15) is 32.6 Å². The molecule has 0 bridgehead atoms. The molecule has 0 spiro atoms. The predicted octanol–water partition coefficient (Wildman–Crippen LogP) is 3.05. The molecule has 2 aromatic rings. The summed E-state index contributed by atoms with van der Waals surface area (Å²) in [6, 6.07) is 5.24. The standard InChI is InChI=1S/C21H30FN7O/c1-3-28-10-4-5-16(28)13-29(15-8-9-18(30-2)17(22)11-15)21-26-19(23)25-20(27-21)24-12-14-6-7-14/h8-9,11,14,16H,3-7,10,12-13H2,1-2H3,(H3,23,24,25,26,27). The molecular formula is C21H30FN7O. The van der Waals surface area contributed by atoms with E-state index in [-0.39, 0.29) is 11.7 Å². The van der Waals surface area contributed by atoms with Crippen LogP contribution in [0.5, 0.6) is 5.75 Å². The summed E-state index contributed by atoms with van der Waals surface area (Å²) in [7, 11) is 1.46. The number of benzene rings is 1. The van der Waals surface area contributed by atoms with Crippen LogP contribution in [0.25, 0.3) is 0 Å². The fourth-order valence-electron chi connectivity index (χ4n) is 3.99.